The minimum Gasteiger partial charge on any atom is -0.489 e. The molecule has 3 aromatic carbocycles. The number of carbonyl (C=O) groups is 1. The number of hydrazone groups is 1. The number of benzene rings is 3. The molecule has 0 saturated carbocycles. The maximum Gasteiger partial charge on any atom is 0.278 e. The van der Waals surface area contributed by atoms with E-state index in [-0.39, 0.29) is 5.69 Å². The number of hydrogen-bond donors (Lipinski definition) is 1. The summed E-state index contributed by atoms with van der Waals surface area (Å²) in [5.74, 6) is 0.269. The highest BCUT2D eigenvalue weighted by molar-refractivity contribution is 6.30. The van der Waals surface area contributed by atoms with E-state index in [9.17, 15) is 14.9 Å². The topological polar surface area (TPSA) is 93.8 Å². The molecular formula is C21H16ClN3O4. The summed E-state index contributed by atoms with van der Waals surface area (Å²) in [7, 11) is 0. The second-order valence-corrected chi connectivity index (χ2v) is 6.39. The van der Waals surface area contributed by atoms with Crippen LogP contribution in [0.2, 0.25) is 5.02 Å². The Hall–Kier alpha value is -3.71. The summed E-state index contributed by atoms with van der Waals surface area (Å²) >= 11 is 5.84. The van der Waals surface area contributed by atoms with Crippen LogP contribution < -0.4 is 10.2 Å². The fourth-order valence-electron chi connectivity index (χ4n) is 2.44. The molecule has 0 bridgehead atoms. The molecule has 0 aliphatic carbocycles. The highest BCUT2D eigenvalue weighted by Gasteiger charge is 2.10. The highest BCUT2D eigenvalue weighted by Crippen LogP contribution is 2.17. The third-order valence-electron chi connectivity index (χ3n) is 3.94. The quantitative estimate of drug-likeness (QED) is 0.351. The Labute approximate surface area is 171 Å². The standard InChI is InChI=1S/C21H16ClN3O4/c22-18-9-11-19(12-10-18)29-14-15-5-7-16(8-6-15)21(26)24-23-13-17-3-1-2-4-20(17)25(27)28/h1-13H,14H2,(H,24,26)/b23-13+. The molecule has 0 unspecified atom stereocenters. The van der Waals surface area contributed by atoms with E-state index in [2.05, 4.69) is 10.5 Å². The molecule has 146 valence electrons. The van der Waals surface area contributed by atoms with Gasteiger partial charge < -0.3 is 4.74 Å². The van der Waals surface area contributed by atoms with Gasteiger partial charge in [-0.3, -0.25) is 14.9 Å². The van der Waals surface area contributed by atoms with Crippen LogP contribution >= 0.6 is 11.6 Å². The first-order chi connectivity index (χ1) is 14.0. The molecule has 0 aliphatic rings. The SMILES string of the molecule is O=C(N/N=C/c1ccccc1[N+](=O)[O-])c1ccc(COc2ccc(Cl)cc2)cc1. The van der Waals surface area contributed by atoms with Crippen LogP contribution in [-0.2, 0) is 6.61 Å². The number of nitro groups is 1. The molecule has 0 atom stereocenters. The van der Waals surface area contributed by atoms with Gasteiger partial charge in [-0.1, -0.05) is 35.9 Å². The first kappa shape index (κ1) is 20.0. The Balaban J connectivity index is 1.56. The van der Waals surface area contributed by atoms with Crippen LogP contribution in [0, 0.1) is 10.1 Å². The molecule has 0 spiro atoms. The van der Waals surface area contributed by atoms with Crippen molar-refractivity contribution in [3.8, 4) is 5.75 Å². The molecule has 0 fully saturated rings. The van der Waals surface area contributed by atoms with Crippen LogP contribution in [0.4, 0.5) is 5.69 Å². The summed E-state index contributed by atoms with van der Waals surface area (Å²) in [4.78, 5) is 22.6. The molecule has 3 aromatic rings. The van der Waals surface area contributed by atoms with Gasteiger partial charge in [-0.05, 0) is 48.0 Å². The average Bonchev–Trinajstić information content (AvgIpc) is 2.74. The third kappa shape index (κ3) is 5.63. The lowest BCUT2D eigenvalue weighted by molar-refractivity contribution is -0.385. The van der Waals surface area contributed by atoms with Gasteiger partial charge in [0.1, 0.15) is 12.4 Å². The van der Waals surface area contributed by atoms with E-state index in [0.29, 0.717) is 28.5 Å². The fraction of sp³-hybridized carbons (Fsp3) is 0.0476. The van der Waals surface area contributed by atoms with Gasteiger partial charge in [0.15, 0.2) is 0 Å². The first-order valence-corrected chi connectivity index (χ1v) is 8.95. The molecule has 1 amide bonds. The van der Waals surface area contributed by atoms with Crippen LogP contribution in [0.25, 0.3) is 0 Å². The van der Waals surface area contributed by atoms with Crippen LogP contribution in [0.5, 0.6) is 5.75 Å². The lowest BCUT2D eigenvalue weighted by atomic mass is 10.1. The van der Waals surface area contributed by atoms with Crippen molar-refractivity contribution < 1.29 is 14.5 Å². The Bertz CT molecular complexity index is 1030. The zero-order chi connectivity index (χ0) is 20.6. The minimum absolute atomic E-state index is 0.0875. The molecule has 0 radical (unpaired) electrons. The average molecular weight is 410 g/mol. The third-order valence-corrected chi connectivity index (χ3v) is 4.19. The van der Waals surface area contributed by atoms with Gasteiger partial charge in [0.2, 0.25) is 0 Å². The maximum atomic E-state index is 12.2. The van der Waals surface area contributed by atoms with Crippen molar-refractivity contribution >= 4 is 29.4 Å². The van der Waals surface area contributed by atoms with Gasteiger partial charge in [0.25, 0.3) is 11.6 Å². The molecular weight excluding hydrogens is 394 g/mol. The van der Waals surface area contributed by atoms with E-state index in [1.165, 1.54) is 12.3 Å². The number of nitrogens with zero attached hydrogens (tertiary/aromatic N) is 2. The van der Waals surface area contributed by atoms with E-state index in [0.717, 1.165) is 5.56 Å². The van der Waals surface area contributed by atoms with Crippen LogP contribution in [0.15, 0.2) is 77.9 Å². The number of rotatable bonds is 7. The number of nitro benzene ring substituents is 1. The van der Waals surface area contributed by atoms with Gasteiger partial charge in [0, 0.05) is 16.7 Å². The normalized spacial score (nSPS) is 10.7. The van der Waals surface area contributed by atoms with Gasteiger partial charge in [-0.2, -0.15) is 5.10 Å². The second-order valence-electron chi connectivity index (χ2n) is 5.95. The predicted octanol–water partition coefficient (Wildman–Crippen LogP) is 4.59. The van der Waals surface area contributed by atoms with E-state index < -0.39 is 10.8 Å². The molecule has 0 aromatic heterocycles. The lowest BCUT2D eigenvalue weighted by Gasteiger charge is -2.07. The first-order valence-electron chi connectivity index (χ1n) is 8.57. The Kier molecular flexibility index (Phi) is 6.55. The van der Waals surface area contributed by atoms with E-state index in [1.54, 1.807) is 66.7 Å². The number of hydrogen-bond acceptors (Lipinski definition) is 5. The lowest BCUT2D eigenvalue weighted by Crippen LogP contribution is -2.17. The molecule has 1 N–H and O–H groups in total. The van der Waals surface area contributed by atoms with Crippen LogP contribution in [0.3, 0.4) is 0 Å². The van der Waals surface area contributed by atoms with Crippen LogP contribution in [-0.4, -0.2) is 17.0 Å². The minimum atomic E-state index is -0.506. The number of amides is 1. The summed E-state index contributed by atoms with van der Waals surface area (Å²) in [5, 5.41) is 15.4. The van der Waals surface area contributed by atoms with Gasteiger partial charge in [0.05, 0.1) is 16.7 Å². The van der Waals surface area contributed by atoms with Crippen molar-refractivity contribution in [2.45, 2.75) is 6.61 Å². The van der Waals surface area contributed by atoms with Crippen molar-refractivity contribution in [2.75, 3.05) is 0 Å². The van der Waals surface area contributed by atoms with Gasteiger partial charge >= 0.3 is 0 Å². The summed E-state index contributed by atoms with van der Waals surface area (Å²) in [6, 6.07) is 20.0. The highest BCUT2D eigenvalue weighted by atomic mass is 35.5. The monoisotopic (exact) mass is 409 g/mol. The fourth-order valence-corrected chi connectivity index (χ4v) is 2.56. The largest absolute Gasteiger partial charge is 0.489 e. The number of ether oxygens (including phenoxy) is 1. The van der Waals surface area contributed by atoms with Crippen molar-refractivity contribution in [2.24, 2.45) is 5.10 Å². The predicted molar refractivity (Wildman–Crippen MR) is 110 cm³/mol. The van der Waals surface area contributed by atoms with E-state index >= 15 is 0 Å². The van der Waals surface area contributed by atoms with Crippen molar-refractivity contribution in [1.29, 1.82) is 0 Å². The van der Waals surface area contributed by atoms with Crippen molar-refractivity contribution in [1.82, 2.24) is 5.43 Å². The summed E-state index contributed by atoms with van der Waals surface area (Å²) in [6.07, 6.45) is 1.24. The zero-order valence-electron chi connectivity index (χ0n) is 15.1. The Morgan fingerprint density at radius 2 is 1.76 bits per heavy atom. The molecule has 7 nitrogen and oxygen atoms in total. The molecule has 8 heteroatoms. The molecule has 0 aliphatic heterocycles. The number of carbonyl (C=O) groups excluding carboxylic acids is 1. The van der Waals surface area contributed by atoms with E-state index in [1.807, 2.05) is 0 Å². The van der Waals surface area contributed by atoms with Gasteiger partial charge in [-0.25, -0.2) is 5.43 Å². The number of para-hydroxylation sites is 1. The summed E-state index contributed by atoms with van der Waals surface area (Å²) in [5.41, 5.74) is 3.86. The van der Waals surface area contributed by atoms with Gasteiger partial charge in [-0.15, -0.1) is 0 Å². The Morgan fingerprint density at radius 3 is 2.45 bits per heavy atom. The molecule has 0 saturated heterocycles. The second kappa shape index (κ2) is 9.48. The summed E-state index contributed by atoms with van der Waals surface area (Å²) in [6.45, 7) is 0.347. The molecule has 3 rings (SSSR count). The molecule has 29 heavy (non-hydrogen) atoms. The Morgan fingerprint density at radius 1 is 1.07 bits per heavy atom. The van der Waals surface area contributed by atoms with Crippen molar-refractivity contribution in [3.63, 3.8) is 0 Å². The molecule has 0 heterocycles. The number of nitrogens with one attached hydrogen (secondary N) is 1. The van der Waals surface area contributed by atoms with E-state index in [4.69, 9.17) is 16.3 Å². The maximum absolute atomic E-state index is 12.2. The van der Waals surface area contributed by atoms with Crippen molar-refractivity contribution in [3.05, 3.63) is 105 Å². The summed E-state index contributed by atoms with van der Waals surface area (Å²) < 4.78 is 5.65. The smallest absolute Gasteiger partial charge is 0.278 e. The number of halogens is 1. The zero-order valence-corrected chi connectivity index (χ0v) is 15.9. The van der Waals surface area contributed by atoms with Crippen LogP contribution in [0.1, 0.15) is 21.5 Å².